The van der Waals surface area contributed by atoms with E-state index in [0.717, 1.165) is 36.7 Å². The molecule has 2 aliphatic heterocycles. The number of anilines is 1. The third kappa shape index (κ3) is 5.20. The van der Waals surface area contributed by atoms with Crippen molar-refractivity contribution in [3.8, 4) is 0 Å². The molecule has 36 heavy (non-hydrogen) atoms. The Morgan fingerprint density at radius 1 is 1.00 bits per heavy atom. The van der Waals surface area contributed by atoms with E-state index in [9.17, 15) is 14.4 Å². The standard InChI is InChI=1S/C27H27ClN4O4/c28-19-8-5-7-17(14-19)24(26(34)30-21-16-29-15-18-6-1-2-9-20(18)21)31-25(33)22-10-11-23(36-22)27(35)32-12-3-4-13-32/h1-2,5-9,14-16,22-24H,3-4,10-13H2,(H,30,34)(H,31,33)/t22-,23+,24+/m0/s1. The molecule has 0 radical (unpaired) electrons. The quantitative estimate of drug-likeness (QED) is 0.529. The Hall–Kier alpha value is -3.49. The van der Waals surface area contributed by atoms with Gasteiger partial charge >= 0.3 is 0 Å². The van der Waals surface area contributed by atoms with Crippen LogP contribution in [0.5, 0.6) is 0 Å². The number of hydrogen-bond donors (Lipinski definition) is 2. The number of carbonyl (C=O) groups is 3. The summed E-state index contributed by atoms with van der Waals surface area (Å²) in [7, 11) is 0. The number of nitrogens with zero attached hydrogens (tertiary/aromatic N) is 2. The van der Waals surface area contributed by atoms with Crippen molar-refractivity contribution in [2.24, 2.45) is 0 Å². The van der Waals surface area contributed by atoms with E-state index in [1.165, 1.54) is 0 Å². The highest BCUT2D eigenvalue weighted by Crippen LogP contribution is 2.27. The van der Waals surface area contributed by atoms with E-state index in [4.69, 9.17) is 16.3 Å². The Labute approximate surface area is 214 Å². The van der Waals surface area contributed by atoms with E-state index in [-0.39, 0.29) is 5.91 Å². The molecular weight excluding hydrogens is 480 g/mol. The summed E-state index contributed by atoms with van der Waals surface area (Å²) in [4.78, 5) is 45.4. The first-order valence-corrected chi connectivity index (χ1v) is 12.5. The zero-order valence-electron chi connectivity index (χ0n) is 19.7. The molecule has 0 bridgehead atoms. The number of halogens is 1. The van der Waals surface area contributed by atoms with Gasteiger partial charge < -0.3 is 20.3 Å². The van der Waals surface area contributed by atoms with Crippen LogP contribution in [0, 0.1) is 0 Å². The van der Waals surface area contributed by atoms with Crippen LogP contribution in [0.2, 0.25) is 5.02 Å². The van der Waals surface area contributed by atoms with Gasteiger partial charge in [0, 0.05) is 35.1 Å². The van der Waals surface area contributed by atoms with Crippen molar-refractivity contribution >= 4 is 45.8 Å². The molecule has 0 saturated carbocycles. The van der Waals surface area contributed by atoms with E-state index >= 15 is 0 Å². The second-order valence-electron chi connectivity index (χ2n) is 9.12. The van der Waals surface area contributed by atoms with Gasteiger partial charge in [-0.1, -0.05) is 48.0 Å². The molecule has 0 unspecified atom stereocenters. The number of amides is 3. The first kappa shape index (κ1) is 24.2. The van der Waals surface area contributed by atoms with Gasteiger partial charge in [-0.05, 0) is 43.4 Å². The minimum Gasteiger partial charge on any atom is -0.355 e. The maximum Gasteiger partial charge on any atom is 0.251 e. The molecule has 0 spiro atoms. The molecule has 5 rings (SSSR count). The monoisotopic (exact) mass is 506 g/mol. The van der Waals surface area contributed by atoms with Gasteiger partial charge in [0.25, 0.3) is 11.8 Å². The molecule has 9 heteroatoms. The molecule has 3 heterocycles. The van der Waals surface area contributed by atoms with Crippen LogP contribution in [0.25, 0.3) is 10.8 Å². The third-order valence-electron chi connectivity index (χ3n) is 6.66. The van der Waals surface area contributed by atoms with Gasteiger partial charge in [0.15, 0.2) is 0 Å². The Bertz CT molecular complexity index is 1290. The lowest BCUT2D eigenvalue weighted by Gasteiger charge is -2.22. The zero-order valence-corrected chi connectivity index (χ0v) is 20.4. The molecule has 2 N–H and O–H groups in total. The van der Waals surface area contributed by atoms with Crippen LogP contribution in [0.1, 0.15) is 37.3 Å². The topological polar surface area (TPSA) is 101 Å². The predicted octanol–water partition coefficient (Wildman–Crippen LogP) is 3.85. The van der Waals surface area contributed by atoms with E-state index in [2.05, 4.69) is 15.6 Å². The Morgan fingerprint density at radius 3 is 2.58 bits per heavy atom. The number of ether oxygens (including phenoxy) is 1. The summed E-state index contributed by atoms with van der Waals surface area (Å²) < 4.78 is 5.84. The normalized spacial score (nSPS) is 20.3. The first-order chi connectivity index (χ1) is 17.5. The maximum absolute atomic E-state index is 13.5. The minimum atomic E-state index is -1.02. The average molecular weight is 507 g/mol. The maximum atomic E-state index is 13.5. The van der Waals surface area contributed by atoms with Gasteiger partial charge in [-0.3, -0.25) is 19.4 Å². The van der Waals surface area contributed by atoms with Crippen molar-refractivity contribution in [1.82, 2.24) is 15.2 Å². The predicted molar refractivity (Wildman–Crippen MR) is 136 cm³/mol. The molecule has 0 aliphatic carbocycles. The number of nitrogens with one attached hydrogen (secondary N) is 2. The van der Waals surface area contributed by atoms with Gasteiger partial charge in [0.1, 0.15) is 18.2 Å². The highest BCUT2D eigenvalue weighted by molar-refractivity contribution is 6.30. The van der Waals surface area contributed by atoms with Crippen LogP contribution < -0.4 is 10.6 Å². The average Bonchev–Trinajstić information content (AvgIpc) is 3.60. The molecule has 3 atom stereocenters. The fourth-order valence-corrected chi connectivity index (χ4v) is 4.99. The third-order valence-corrected chi connectivity index (χ3v) is 6.90. The lowest BCUT2D eigenvalue weighted by Crippen LogP contribution is -2.43. The van der Waals surface area contributed by atoms with Crippen molar-refractivity contribution in [2.75, 3.05) is 18.4 Å². The smallest absolute Gasteiger partial charge is 0.251 e. The lowest BCUT2D eigenvalue weighted by molar-refractivity contribution is -0.146. The summed E-state index contributed by atoms with van der Waals surface area (Å²) in [6.45, 7) is 1.46. The van der Waals surface area contributed by atoms with Crippen molar-refractivity contribution < 1.29 is 19.1 Å². The van der Waals surface area contributed by atoms with Crippen LogP contribution in [-0.2, 0) is 19.1 Å². The number of likely N-dealkylation sites (tertiary alicyclic amines) is 1. The summed E-state index contributed by atoms with van der Waals surface area (Å²) in [5, 5.41) is 7.88. The van der Waals surface area contributed by atoms with Crippen LogP contribution in [0.15, 0.2) is 60.9 Å². The number of aromatic nitrogens is 1. The minimum absolute atomic E-state index is 0.0598. The van der Waals surface area contributed by atoms with Crippen molar-refractivity contribution in [3.05, 3.63) is 71.5 Å². The van der Waals surface area contributed by atoms with Crippen LogP contribution >= 0.6 is 11.6 Å². The number of hydrogen-bond acceptors (Lipinski definition) is 5. The van der Waals surface area contributed by atoms with Crippen molar-refractivity contribution in [2.45, 2.75) is 43.9 Å². The highest BCUT2D eigenvalue weighted by Gasteiger charge is 2.38. The largest absolute Gasteiger partial charge is 0.355 e. The number of carbonyl (C=O) groups excluding carboxylic acids is 3. The van der Waals surface area contributed by atoms with Gasteiger partial charge in [0.05, 0.1) is 11.9 Å². The summed E-state index contributed by atoms with van der Waals surface area (Å²) in [5.41, 5.74) is 1.07. The molecule has 2 saturated heterocycles. The van der Waals surface area contributed by atoms with Crippen LogP contribution in [-0.4, -0.2) is 52.9 Å². The SMILES string of the molecule is O=C(N[C@@H](C(=O)Nc1cncc2ccccc12)c1cccc(Cl)c1)[C@@H]1CC[C@H](C(=O)N2CCCC2)O1. The summed E-state index contributed by atoms with van der Waals surface area (Å²) in [6, 6.07) is 13.3. The second-order valence-corrected chi connectivity index (χ2v) is 9.55. The summed E-state index contributed by atoms with van der Waals surface area (Å²) in [6.07, 6.45) is 4.73. The van der Waals surface area contributed by atoms with Gasteiger partial charge in [0.2, 0.25) is 5.91 Å². The lowest BCUT2D eigenvalue weighted by atomic mass is 10.0. The summed E-state index contributed by atoms with van der Waals surface area (Å²) in [5.74, 6) is -0.940. The Balaban J connectivity index is 1.33. The molecule has 8 nitrogen and oxygen atoms in total. The Morgan fingerprint density at radius 2 is 1.78 bits per heavy atom. The molecule has 2 aliphatic rings. The fourth-order valence-electron chi connectivity index (χ4n) is 4.80. The number of fused-ring (bicyclic) bond motifs is 1. The molecule has 186 valence electrons. The zero-order chi connectivity index (χ0) is 25.1. The van der Waals surface area contributed by atoms with E-state index in [0.29, 0.717) is 29.1 Å². The molecule has 3 aromatic rings. The molecule has 1 aromatic heterocycles. The number of rotatable bonds is 6. The number of benzene rings is 2. The fraction of sp³-hybridized carbons (Fsp3) is 0.333. The van der Waals surface area contributed by atoms with E-state index in [1.807, 2.05) is 24.3 Å². The van der Waals surface area contributed by atoms with Crippen LogP contribution in [0.3, 0.4) is 0 Å². The van der Waals surface area contributed by atoms with Gasteiger partial charge in [-0.25, -0.2) is 0 Å². The van der Waals surface area contributed by atoms with E-state index < -0.39 is 30.1 Å². The molecule has 2 fully saturated rings. The summed E-state index contributed by atoms with van der Waals surface area (Å²) >= 11 is 6.19. The molecular formula is C27H27ClN4O4. The van der Waals surface area contributed by atoms with Crippen molar-refractivity contribution in [3.63, 3.8) is 0 Å². The van der Waals surface area contributed by atoms with Gasteiger partial charge in [-0.15, -0.1) is 0 Å². The Kier molecular flexibility index (Phi) is 7.16. The highest BCUT2D eigenvalue weighted by atomic mass is 35.5. The van der Waals surface area contributed by atoms with Crippen molar-refractivity contribution in [1.29, 1.82) is 0 Å². The molecule has 3 amide bonds. The first-order valence-electron chi connectivity index (χ1n) is 12.1. The number of pyridine rings is 1. The second kappa shape index (κ2) is 10.6. The molecule has 2 aromatic carbocycles. The van der Waals surface area contributed by atoms with Gasteiger partial charge in [-0.2, -0.15) is 0 Å². The van der Waals surface area contributed by atoms with E-state index in [1.54, 1.807) is 41.6 Å². The van der Waals surface area contributed by atoms with Crippen LogP contribution in [0.4, 0.5) is 5.69 Å².